The van der Waals surface area contributed by atoms with Gasteiger partial charge < -0.3 is 20.0 Å². The second-order valence-corrected chi connectivity index (χ2v) is 7.53. The van der Waals surface area contributed by atoms with Crippen molar-refractivity contribution in [2.24, 2.45) is 5.41 Å². The second kappa shape index (κ2) is 8.18. The number of carbonyl (C=O) groups is 2. The summed E-state index contributed by atoms with van der Waals surface area (Å²) in [6, 6.07) is 9.02. The first-order valence-electron chi connectivity index (χ1n) is 9.45. The second-order valence-electron chi connectivity index (χ2n) is 7.53. The first-order chi connectivity index (χ1) is 12.5. The van der Waals surface area contributed by atoms with Crippen LogP contribution in [0.5, 0.6) is 0 Å². The van der Waals surface area contributed by atoms with Gasteiger partial charge in [-0.25, -0.2) is 0 Å². The van der Waals surface area contributed by atoms with E-state index in [1.807, 2.05) is 23.1 Å². The average molecular weight is 360 g/mol. The van der Waals surface area contributed by atoms with E-state index in [9.17, 15) is 14.7 Å². The monoisotopic (exact) mass is 360 g/mol. The Morgan fingerprint density at radius 3 is 2.50 bits per heavy atom. The van der Waals surface area contributed by atoms with E-state index >= 15 is 0 Å². The lowest BCUT2D eigenvalue weighted by molar-refractivity contribution is -0.147. The van der Waals surface area contributed by atoms with Crippen molar-refractivity contribution in [2.45, 2.75) is 38.2 Å². The third-order valence-corrected chi connectivity index (χ3v) is 5.82. The fraction of sp³-hybridized carbons (Fsp3) is 0.600. The summed E-state index contributed by atoms with van der Waals surface area (Å²) in [6.07, 6.45) is 2.61. The van der Waals surface area contributed by atoms with Gasteiger partial charge in [0.05, 0.1) is 0 Å². The number of rotatable bonds is 5. The molecule has 6 nitrogen and oxygen atoms in total. The fourth-order valence-electron chi connectivity index (χ4n) is 4.13. The van der Waals surface area contributed by atoms with Crippen LogP contribution in [0, 0.1) is 5.41 Å². The third-order valence-electron chi connectivity index (χ3n) is 5.82. The Kier molecular flexibility index (Phi) is 5.94. The highest BCUT2D eigenvalue weighted by Crippen LogP contribution is 2.40. The van der Waals surface area contributed by atoms with Gasteiger partial charge in [-0.2, -0.15) is 0 Å². The van der Waals surface area contributed by atoms with Crippen LogP contribution in [0.1, 0.15) is 43.8 Å². The summed E-state index contributed by atoms with van der Waals surface area (Å²) in [7, 11) is 0. The molecule has 0 unspecified atom stereocenters. The molecule has 2 fully saturated rings. The fourth-order valence-corrected chi connectivity index (χ4v) is 4.13. The molecular weight excluding hydrogens is 332 g/mol. The molecular formula is C20H28N2O4. The van der Waals surface area contributed by atoms with Gasteiger partial charge in [0.15, 0.2) is 6.10 Å². The van der Waals surface area contributed by atoms with Gasteiger partial charge in [0.1, 0.15) is 0 Å². The van der Waals surface area contributed by atoms with Gasteiger partial charge in [-0.3, -0.25) is 9.59 Å². The molecule has 2 N–H and O–H groups in total. The Labute approximate surface area is 154 Å². The van der Waals surface area contributed by atoms with Crippen molar-refractivity contribution in [3.8, 4) is 0 Å². The zero-order valence-corrected chi connectivity index (χ0v) is 15.1. The number of likely N-dealkylation sites (tertiary alicyclic amines) is 2. The zero-order valence-electron chi connectivity index (χ0n) is 15.1. The predicted molar refractivity (Wildman–Crippen MR) is 97.2 cm³/mol. The highest BCUT2D eigenvalue weighted by molar-refractivity contribution is 5.82. The quantitative estimate of drug-likeness (QED) is 0.830. The number of piperidine rings is 2. The van der Waals surface area contributed by atoms with Crippen LogP contribution < -0.4 is 0 Å². The minimum Gasteiger partial charge on any atom is -0.396 e. The summed E-state index contributed by atoms with van der Waals surface area (Å²) >= 11 is 0. The Morgan fingerprint density at radius 1 is 1.15 bits per heavy atom. The molecule has 1 spiro atoms. The minimum absolute atomic E-state index is 0.0673. The zero-order chi connectivity index (χ0) is 18.6. The largest absolute Gasteiger partial charge is 0.396 e. The molecule has 0 radical (unpaired) electrons. The lowest BCUT2D eigenvalue weighted by atomic mass is 9.72. The van der Waals surface area contributed by atoms with Gasteiger partial charge in [0.2, 0.25) is 5.91 Å². The van der Waals surface area contributed by atoms with E-state index in [2.05, 4.69) is 0 Å². The van der Waals surface area contributed by atoms with E-state index in [1.54, 1.807) is 17.0 Å². The van der Waals surface area contributed by atoms with Crippen LogP contribution in [0.4, 0.5) is 0 Å². The first kappa shape index (κ1) is 18.9. The molecule has 2 aliphatic rings. The predicted octanol–water partition coefficient (Wildman–Crippen LogP) is 1.33. The molecule has 1 atom stereocenters. The van der Waals surface area contributed by atoms with Gasteiger partial charge in [-0.15, -0.1) is 0 Å². The van der Waals surface area contributed by atoms with Crippen LogP contribution in [0.25, 0.3) is 0 Å². The molecule has 0 bridgehead atoms. The number of aliphatic hydroxyl groups excluding tert-OH is 2. The number of hydrogen-bond donors (Lipinski definition) is 2. The minimum atomic E-state index is -1.11. The summed E-state index contributed by atoms with van der Waals surface area (Å²) in [5, 5.41) is 19.4. The van der Waals surface area contributed by atoms with E-state index in [1.165, 1.54) is 0 Å². The highest BCUT2D eigenvalue weighted by Gasteiger charge is 2.42. The Balaban J connectivity index is 1.58. The highest BCUT2D eigenvalue weighted by atomic mass is 16.3. The molecule has 0 saturated carbocycles. The van der Waals surface area contributed by atoms with Crippen molar-refractivity contribution in [3.63, 3.8) is 0 Å². The number of benzene rings is 1. The Bertz CT molecular complexity index is 626. The van der Waals surface area contributed by atoms with E-state index in [4.69, 9.17) is 5.11 Å². The van der Waals surface area contributed by atoms with Gasteiger partial charge >= 0.3 is 0 Å². The van der Waals surface area contributed by atoms with Crippen LogP contribution in [0.2, 0.25) is 0 Å². The summed E-state index contributed by atoms with van der Waals surface area (Å²) in [6.45, 7) is 2.65. The summed E-state index contributed by atoms with van der Waals surface area (Å²) < 4.78 is 0. The van der Waals surface area contributed by atoms with Crippen LogP contribution in [0.3, 0.4) is 0 Å². The molecule has 0 aliphatic carbocycles. The first-order valence-corrected chi connectivity index (χ1v) is 9.45. The molecule has 142 valence electrons. The molecule has 2 heterocycles. The number of amides is 2. The number of nitrogens with zero attached hydrogens (tertiary/aromatic N) is 2. The molecule has 3 rings (SSSR count). The van der Waals surface area contributed by atoms with Crippen LogP contribution >= 0.6 is 0 Å². The van der Waals surface area contributed by atoms with Crippen molar-refractivity contribution < 1.29 is 19.8 Å². The van der Waals surface area contributed by atoms with Crippen LogP contribution in [0.15, 0.2) is 30.3 Å². The topological polar surface area (TPSA) is 81.1 Å². The Hall–Kier alpha value is -1.92. The third kappa shape index (κ3) is 4.07. The normalized spacial score (nSPS) is 21.1. The Morgan fingerprint density at radius 2 is 1.85 bits per heavy atom. The maximum Gasteiger partial charge on any atom is 0.256 e. The summed E-state index contributed by atoms with van der Waals surface area (Å²) in [4.78, 5) is 28.3. The van der Waals surface area contributed by atoms with Crippen molar-refractivity contribution >= 4 is 11.8 Å². The molecule has 1 aromatic carbocycles. The number of hydrogen-bond acceptors (Lipinski definition) is 4. The van der Waals surface area contributed by atoms with E-state index in [0.29, 0.717) is 38.0 Å². The average Bonchev–Trinajstić information content (AvgIpc) is 2.69. The van der Waals surface area contributed by atoms with Gasteiger partial charge in [-0.05, 0) is 36.7 Å². The van der Waals surface area contributed by atoms with Crippen LogP contribution in [-0.4, -0.2) is 64.6 Å². The van der Waals surface area contributed by atoms with Crippen LogP contribution in [-0.2, 0) is 9.59 Å². The van der Waals surface area contributed by atoms with Crippen molar-refractivity contribution in [3.05, 3.63) is 35.9 Å². The van der Waals surface area contributed by atoms with Crippen molar-refractivity contribution in [1.82, 2.24) is 9.80 Å². The number of carbonyl (C=O) groups excluding carboxylic acids is 2. The van der Waals surface area contributed by atoms with Crippen molar-refractivity contribution in [1.29, 1.82) is 0 Å². The smallest absolute Gasteiger partial charge is 0.256 e. The van der Waals surface area contributed by atoms with Gasteiger partial charge in [0.25, 0.3) is 5.91 Å². The molecule has 2 amide bonds. The molecule has 2 aliphatic heterocycles. The maximum absolute atomic E-state index is 12.6. The molecule has 1 aromatic rings. The molecule has 2 saturated heterocycles. The van der Waals surface area contributed by atoms with E-state index in [0.717, 1.165) is 25.8 Å². The van der Waals surface area contributed by atoms with E-state index < -0.39 is 6.10 Å². The van der Waals surface area contributed by atoms with E-state index in [-0.39, 0.29) is 23.8 Å². The maximum atomic E-state index is 12.6. The SMILES string of the molecule is O=C1CCC2(CCN(C(=O)[C@H](O)c3ccccc3)CC2)CN1CCCO. The number of aliphatic hydroxyl groups is 2. The molecule has 26 heavy (non-hydrogen) atoms. The standard InChI is InChI=1S/C20H28N2O4/c23-14-4-11-22-15-20(8-7-17(22)24)9-12-21(13-10-20)19(26)18(25)16-5-2-1-3-6-16/h1-3,5-6,18,23,25H,4,7-15H2/t18-/m1/s1. The van der Waals surface area contributed by atoms with Gasteiger partial charge in [0, 0.05) is 39.2 Å². The lowest BCUT2D eigenvalue weighted by Gasteiger charge is -2.47. The summed E-state index contributed by atoms with van der Waals surface area (Å²) in [5.74, 6) is -0.0721. The van der Waals surface area contributed by atoms with Crippen molar-refractivity contribution in [2.75, 3.05) is 32.8 Å². The molecule has 6 heteroatoms. The summed E-state index contributed by atoms with van der Waals surface area (Å²) in [5.41, 5.74) is 0.689. The lowest BCUT2D eigenvalue weighted by Crippen LogP contribution is -2.53. The molecule has 0 aromatic heterocycles. The van der Waals surface area contributed by atoms with Gasteiger partial charge in [-0.1, -0.05) is 30.3 Å².